The zero-order valence-corrected chi connectivity index (χ0v) is 19.7. The molecule has 0 bridgehead atoms. The average Bonchev–Trinajstić information content (AvgIpc) is 3.42. The minimum Gasteiger partial charge on any atom is -0.454 e. The first-order valence-corrected chi connectivity index (χ1v) is 12.7. The first-order valence-electron chi connectivity index (χ1n) is 10.4. The lowest BCUT2D eigenvalue weighted by molar-refractivity contribution is 0.0998. The number of thiazole rings is 1. The average molecular weight is 512 g/mol. The van der Waals surface area contributed by atoms with Crippen molar-refractivity contribution in [3.63, 3.8) is 0 Å². The number of carbonyl (C=O) groups excluding carboxylic acids is 1. The highest BCUT2D eigenvalue weighted by Gasteiger charge is 2.18. The molecule has 1 aliphatic heterocycles. The van der Waals surface area contributed by atoms with Gasteiger partial charge in [0.05, 0.1) is 15.1 Å². The molecule has 0 unspecified atom stereocenters. The van der Waals surface area contributed by atoms with E-state index in [1.165, 1.54) is 47.7 Å². The second-order valence-electron chi connectivity index (χ2n) is 7.51. The molecule has 178 valence electrons. The Morgan fingerprint density at radius 3 is 2.49 bits per heavy atom. The lowest BCUT2D eigenvalue weighted by atomic mass is 10.2. The highest BCUT2D eigenvalue weighted by molar-refractivity contribution is 7.92. The Morgan fingerprint density at radius 2 is 1.80 bits per heavy atom. The summed E-state index contributed by atoms with van der Waals surface area (Å²) in [6, 6.07) is 14.1. The summed E-state index contributed by atoms with van der Waals surface area (Å²) in [5, 5.41) is 0. The van der Waals surface area contributed by atoms with Crippen LogP contribution in [0.15, 0.2) is 83.2 Å². The molecular formula is C24H18FN3O5S2. The van der Waals surface area contributed by atoms with Crippen molar-refractivity contribution < 1.29 is 27.1 Å². The molecule has 35 heavy (non-hydrogen) atoms. The number of allylic oxidation sites excluding steroid dienone is 1. The van der Waals surface area contributed by atoms with Crippen LogP contribution in [0.4, 0.5) is 10.1 Å². The van der Waals surface area contributed by atoms with Crippen molar-refractivity contribution in [2.45, 2.75) is 11.4 Å². The first kappa shape index (κ1) is 22.8. The maximum atomic E-state index is 13.1. The van der Waals surface area contributed by atoms with Crippen LogP contribution in [0, 0.1) is 5.82 Å². The van der Waals surface area contributed by atoms with E-state index >= 15 is 0 Å². The Morgan fingerprint density at radius 1 is 1.11 bits per heavy atom. The number of carbonyl (C=O) groups is 1. The van der Waals surface area contributed by atoms with Crippen molar-refractivity contribution in [2.24, 2.45) is 4.99 Å². The van der Waals surface area contributed by atoms with Crippen LogP contribution in [0.25, 0.3) is 10.2 Å². The van der Waals surface area contributed by atoms with E-state index in [2.05, 4.69) is 16.3 Å². The largest absolute Gasteiger partial charge is 0.454 e. The van der Waals surface area contributed by atoms with Crippen LogP contribution >= 0.6 is 11.3 Å². The molecule has 0 saturated carbocycles. The van der Waals surface area contributed by atoms with Gasteiger partial charge in [-0.3, -0.25) is 9.52 Å². The normalized spacial score (nSPS) is 13.2. The molecule has 0 saturated heterocycles. The predicted octanol–water partition coefficient (Wildman–Crippen LogP) is 4.30. The highest BCUT2D eigenvalue weighted by Crippen LogP contribution is 2.37. The van der Waals surface area contributed by atoms with Crippen LogP contribution in [0.5, 0.6) is 11.5 Å². The summed E-state index contributed by atoms with van der Waals surface area (Å²) in [5.41, 5.74) is 1.38. The first-order chi connectivity index (χ1) is 16.8. The van der Waals surface area contributed by atoms with Gasteiger partial charge in [0, 0.05) is 29.9 Å². The second-order valence-corrected chi connectivity index (χ2v) is 10.2. The van der Waals surface area contributed by atoms with Gasteiger partial charge in [-0.1, -0.05) is 17.4 Å². The number of nitrogens with one attached hydrogen (secondary N) is 1. The molecule has 1 aliphatic rings. The van der Waals surface area contributed by atoms with Gasteiger partial charge in [0.1, 0.15) is 5.82 Å². The molecule has 0 atom stereocenters. The third kappa shape index (κ3) is 4.55. The number of ether oxygens (including phenoxy) is 2. The molecule has 0 aliphatic carbocycles. The van der Waals surface area contributed by atoms with Crippen LogP contribution in [0.2, 0.25) is 0 Å². The molecule has 1 aromatic heterocycles. The molecule has 5 rings (SSSR count). The van der Waals surface area contributed by atoms with Crippen molar-refractivity contribution >= 4 is 43.2 Å². The van der Waals surface area contributed by atoms with Gasteiger partial charge in [0.25, 0.3) is 15.9 Å². The van der Waals surface area contributed by atoms with Gasteiger partial charge in [-0.15, -0.1) is 6.58 Å². The monoisotopic (exact) mass is 511 g/mol. The van der Waals surface area contributed by atoms with Crippen molar-refractivity contribution in [1.29, 1.82) is 0 Å². The Balaban J connectivity index is 1.42. The van der Waals surface area contributed by atoms with Crippen LogP contribution in [-0.4, -0.2) is 25.7 Å². The number of anilines is 1. The molecule has 0 spiro atoms. The fourth-order valence-electron chi connectivity index (χ4n) is 3.51. The van der Waals surface area contributed by atoms with E-state index in [1.54, 1.807) is 6.08 Å². The van der Waals surface area contributed by atoms with Crippen molar-refractivity contribution in [3.8, 4) is 11.5 Å². The predicted molar refractivity (Wildman–Crippen MR) is 130 cm³/mol. The molecule has 11 heteroatoms. The van der Waals surface area contributed by atoms with E-state index < -0.39 is 21.7 Å². The van der Waals surface area contributed by atoms with Crippen LogP contribution < -0.4 is 19.0 Å². The SMILES string of the molecule is C=CCn1c(=NC(=O)c2ccc(NS(=O)(=O)c3ccc(F)cc3)cc2)sc2cc3c(cc21)OCO3. The molecular weight excluding hydrogens is 493 g/mol. The van der Waals surface area contributed by atoms with Gasteiger partial charge < -0.3 is 14.0 Å². The second kappa shape index (κ2) is 9.01. The third-order valence-electron chi connectivity index (χ3n) is 5.19. The maximum Gasteiger partial charge on any atom is 0.279 e. The number of hydrogen-bond acceptors (Lipinski definition) is 6. The zero-order valence-electron chi connectivity index (χ0n) is 18.1. The van der Waals surface area contributed by atoms with Gasteiger partial charge in [0.15, 0.2) is 16.3 Å². The molecule has 2 heterocycles. The van der Waals surface area contributed by atoms with Gasteiger partial charge in [0.2, 0.25) is 6.79 Å². The number of hydrogen-bond donors (Lipinski definition) is 1. The summed E-state index contributed by atoms with van der Waals surface area (Å²) in [7, 11) is -3.90. The number of nitrogens with zero attached hydrogens (tertiary/aromatic N) is 2. The van der Waals surface area contributed by atoms with Crippen molar-refractivity contribution in [3.05, 3.63) is 89.5 Å². The molecule has 3 aromatic carbocycles. The Kier molecular flexibility index (Phi) is 5.87. The fourth-order valence-corrected chi connectivity index (χ4v) is 5.62. The maximum absolute atomic E-state index is 13.1. The van der Waals surface area contributed by atoms with Crippen LogP contribution in [-0.2, 0) is 16.6 Å². The van der Waals surface area contributed by atoms with Gasteiger partial charge in [-0.05, 0) is 48.5 Å². The van der Waals surface area contributed by atoms with E-state index in [0.717, 1.165) is 22.3 Å². The van der Waals surface area contributed by atoms with Crippen molar-refractivity contribution in [1.82, 2.24) is 4.57 Å². The minimum atomic E-state index is -3.90. The van der Waals surface area contributed by atoms with E-state index in [1.807, 2.05) is 16.7 Å². The number of rotatable bonds is 6. The quantitative estimate of drug-likeness (QED) is 0.389. The zero-order chi connectivity index (χ0) is 24.6. The van der Waals surface area contributed by atoms with Crippen LogP contribution in [0.3, 0.4) is 0 Å². The van der Waals surface area contributed by atoms with Gasteiger partial charge in [-0.25, -0.2) is 12.8 Å². The van der Waals surface area contributed by atoms with E-state index in [9.17, 15) is 17.6 Å². The fraction of sp³-hybridized carbons (Fsp3) is 0.0833. The summed E-state index contributed by atoms with van der Waals surface area (Å²) in [4.78, 5) is 17.6. The summed E-state index contributed by atoms with van der Waals surface area (Å²) >= 11 is 1.34. The number of benzene rings is 3. The molecule has 4 aromatic rings. The molecule has 1 N–H and O–H groups in total. The molecule has 8 nitrogen and oxygen atoms in total. The van der Waals surface area contributed by atoms with Gasteiger partial charge in [-0.2, -0.15) is 4.99 Å². The standard InChI is InChI=1S/C24H18FN3O5S2/c1-2-11-28-19-12-20-21(33-14-32-20)13-22(19)34-24(28)26-23(29)15-3-7-17(8-4-15)27-35(30,31)18-9-5-16(25)6-10-18/h2-10,12-13,27H,1,11,14H2. The molecule has 0 radical (unpaired) electrons. The van der Waals surface area contributed by atoms with E-state index in [4.69, 9.17) is 9.47 Å². The molecule has 0 fully saturated rings. The number of aromatic nitrogens is 1. The summed E-state index contributed by atoms with van der Waals surface area (Å²) in [6.45, 7) is 4.39. The molecule has 1 amide bonds. The van der Waals surface area contributed by atoms with Crippen molar-refractivity contribution in [2.75, 3.05) is 11.5 Å². The lowest BCUT2D eigenvalue weighted by Crippen LogP contribution is -2.16. The highest BCUT2D eigenvalue weighted by atomic mass is 32.2. The third-order valence-corrected chi connectivity index (χ3v) is 7.63. The Bertz CT molecular complexity index is 1620. The Hall–Kier alpha value is -3.96. The van der Waals surface area contributed by atoms with E-state index in [0.29, 0.717) is 22.8 Å². The smallest absolute Gasteiger partial charge is 0.279 e. The van der Waals surface area contributed by atoms with Crippen LogP contribution in [0.1, 0.15) is 10.4 Å². The summed E-state index contributed by atoms with van der Waals surface area (Å²) < 4.78 is 54.1. The van der Waals surface area contributed by atoms with E-state index in [-0.39, 0.29) is 22.9 Å². The topological polar surface area (TPSA) is 99.0 Å². The minimum absolute atomic E-state index is 0.0765. The number of amides is 1. The Labute approximate surface area is 203 Å². The number of halogens is 1. The number of sulfonamides is 1. The number of fused-ring (bicyclic) bond motifs is 2. The lowest BCUT2D eigenvalue weighted by Gasteiger charge is -2.08. The summed E-state index contributed by atoms with van der Waals surface area (Å²) in [6.07, 6.45) is 1.71. The van der Waals surface area contributed by atoms with Gasteiger partial charge >= 0.3 is 0 Å². The summed E-state index contributed by atoms with van der Waals surface area (Å²) in [5.74, 6) is 0.252.